The summed E-state index contributed by atoms with van der Waals surface area (Å²) in [5, 5.41) is 13.3. The van der Waals surface area contributed by atoms with E-state index < -0.39 is 28.7 Å². The standard InChI is InChI=1S/C18H14BrFN2O5/c1-11(18(24)21-15-4-2-3-5-16(15)22(25)26)27-17(23)9-6-12-10-13(19)7-8-14(12)20/h2-11H,1H3,(H,21,24)/b9-6+. The van der Waals surface area contributed by atoms with E-state index in [0.717, 1.165) is 6.08 Å². The summed E-state index contributed by atoms with van der Waals surface area (Å²) in [5.74, 6) is -2.12. The molecule has 0 aliphatic rings. The van der Waals surface area contributed by atoms with E-state index in [4.69, 9.17) is 4.74 Å². The molecule has 140 valence electrons. The van der Waals surface area contributed by atoms with E-state index in [1.807, 2.05) is 0 Å². The maximum atomic E-state index is 13.6. The Bertz CT molecular complexity index is 916. The fraction of sp³-hybridized carbons (Fsp3) is 0.111. The van der Waals surface area contributed by atoms with Crippen molar-refractivity contribution < 1.29 is 23.6 Å². The third-order valence-corrected chi connectivity index (χ3v) is 3.87. The van der Waals surface area contributed by atoms with Gasteiger partial charge in [-0.05, 0) is 37.3 Å². The molecule has 2 rings (SSSR count). The van der Waals surface area contributed by atoms with Gasteiger partial charge in [0, 0.05) is 22.2 Å². The molecule has 0 aromatic heterocycles. The molecule has 2 aromatic rings. The van der Waals surface area contributed by atoms with Gasteiger partial charge < -0.3 is 10.1 Å². The minimum atomic E-state index is -1.21. The van der Waals surface area contributed by atoms with Crippen LogP contribution in [0.4, 0.5) is 15.8 Å². The maximum absolute atomic E-state index is 13.6. The summed E-state index contributed by atoms with van der Waals surface area (Å²) < 4.78 is 19.2. The van der Waals surface area contributed by atoms with Gasteiger partial charge in [-0.25, -0.2) is 9.18 Å². The lowest BCUT2D eigenvalue weighted by Crippen LogP contribution is -2.29. The molecule has 0 fully saturated rings. The van der Waals surface area contributed by atoms with Crippen molar-refractivity contribution in [3.05, 3.63) is 74.5 Å². The quantitative estimate of drug-likeness (QED) is 0.318. The van der Waals surface area contributed by atoms with Crippen LogP contribution in [0, 0.1) is 15.9 Å². The maximum Gasteiger partial charge on any atom is 0.331 e. The highest BCUT2D eigenvalue weighted by atomic mass is 79.9. The van der Waals surface area contributed by atoms with Gasteiger partial charge in [0.25, 0.3) is 11.6 Å². The second kappa shape index (κ2) is 9.04. The molecule has 0 aliphatic carbocycles. The number of halogens is 2. The summed E-state index contributed by atoms with van der Waals surface area (Å²) in [6.45, 7) is 1.32. The Kier molecular flexibility index (Phi) is 6.78. The van der Waals surface area contributed by atoms with E-state index in [-0.39, 0.29) is 16.9 Å². The van der Waals surface area contributed by atoms with Gasteiger partial charge >= 0.3 is 5.97 Å². The van der Waals surface area contributed by atoms with Crippen LogP contribution in [-0.2, 0) is 14.3 Å². The zero-order chi connectivity index (χ0) is 20.0. The number of nitrogens with zero attached hydrogens (tertiary/aromatic N) is 1. The van der Waals surface area contributed by atoms with Gasteiger partial charge in [-0.3, -0.25) is 14.9 Å². The summed E-state index contributed by atoms with van der Waals surface area (Å²) in [4.78, 5) is 34.2. The number of nitro groups is 1. The predicted octanol–water partition coefficient (Wildman–Crippen LogP) is 4.08. The van der Waals surface area contributed by atoms with Crippen molar-refractivity contribution in [3.63, 3.8) is 0 Å². The average molecular weight is 437 g/mol. The van der Waals surface area contributed by atoms with Crippen LogP contribution in [0.15, 0.2) is 53.0 Å². The van der Waals surface area contributed by atoms with Gasteiger partial charge in [0.2, 0.25) is 0 Å². The summed E-state index contributed by atoms with van der Waals surface area (Å²) in [7, 11) is 0. The third-order valence-electron chi connectivity index (χ3n) is 3.38. The molecule has 0 saturated carbocycles. The number of amides is 1. The smallest absolute Gasteiger partial charge is 0.331 e. The number of para-hydroxylation sites is 2. The molecule has 1 unspecified atom stereocenters. The number of nitrogens with one attached hydrogen (secondary N) is 1. The van der Waals surface area contributed by atoms with Crippen LogP contribution < -0.4 is 5.32 Å². The summed E-state index contributed by atoms with van der Waals surface area (Å²) in [6, 6.07) is 9.81. The van der Waals surface area contributed by atoms with Crippen LogP contribution in [0.25, 0.3) is 6.08 Å². The minimum absolute atomic E-state index is 0.0119. The summed E-state index contributed by atoms with van der Waals surface area (Å²) in [5.41, 5.74) is -0.130. The molecule has 1 atom stereocenters. The lowest BCUT2D eigenvalue weighted by molar-refractivity contribution is -0.383. The number of benzene rings is 2. The molecule has 2 aromatic carbocycles. The lowest BCUT2D eigenvalue weighted by Gasteiger charge is -2.12. The summed E-state index contributed by atoms with van der Waals surface area (Å²) >= 11 is 3.19. The SMILES string of the molecule is CC(OC(=O)/C=C/c1cc(Br)ccc1F)C(=O)Nc1ccccc1[N+](=O)[O-]. The Hall–Kier alpha value is -3.07. The minimum Gasteiger partial charge on any atom is -0.449 e. The molecular weight excluding hydrogens is 423 g/mol. The first-order valence-electron chi connectivity index (χ1n) is 7.66. The van der Waals surface area contributed by atoms with E-state index >= 15 is 0 Å². The number of hydrogen-bond acceptors (Lipinski definition) is 5. The number of rotatable bonds is 6. The number of carbonyl (C=O) groups is 2. The van der Waals surface area contributed by atoms with Gasteiger partial charge in [0.1, 0.15) is 11.5 Å². The van der Waals surface area contributed by atoms with Crippen LogP contribution in [0.1, 0.15) is 12.5 Å². The predicted molar refractivity (Wildman–Crippen MR) is 100 cm³/mol. The monoisotopic (exact) mass is 436 g/mol. The van der Waals surface area contributed by atoms with Crippen LogP contribution in [0.5, 0.6) is 0 Å². The molecule has 0 saturated heterocycles. The molecule has 1 amide bonds. The van der Waals surface area contributed by atoms with Crippen molar-refractivity contribution in [3.8, 4) is 0 Å². The number of esters is 1. The lowest BCUT2D eigenvalue weighted by atomic mass is 10.2. The van der Waals surface area contributed by atoms with Crippen molar-refractivity contribution in [2.45, 2.75) is 13.0 Å². The number of carbonyl (C=O) groups excluding carboxylic acids is 2. The van der Waals surface area contributed by atoms with E-state index in [9.17, 15) is 24.1 Å². The van der Waals surface area contributed by atoms with Crippen molar-refractivity contribution in [2.24, 2.45) is 0 Å². The van der Waals surface area contributed by atoms with E-state index in [0.29, 0.717) is 4.47 Å². The Morgan fingerprint density at radius 1 is 1.30 bits per heavy atom. The largest absolute Gasteiger partial charge is 0.449 e. The molecule has 0 heterocycles. The fourth-order valence-corrected chi connectivity index (χ4v) is 2.42. The number of ether oxygens (including phenoxy) is 1. The van der Waals surface area contributed by atoms with Gasteiger partial charge in [-0.1, -0.05) is 28.1 Å². The molecule has 1 N–H and O–H groups in total. The molecule has 0 aliphatic heterocycles. The van der Waals surface area contributed by atoms with Gasteiger partial charge in [-0.2, -0.15) is 0 Å². The molecule has 9 heteroatoms. The number of hydrogen-bond donors (Lipinski definition) is 1. The molecule has 0 bridgehead atoms. The van der Waals surface area contributed by atoms with Crippen molar-refractivity contribution in [1.29, 1.82) is 0 Å². The molecule has 0 radical (unpaired) electrons. The summed E-state index contributed by atoms with van der Waals surface area (Å²) in [6.07, 6.45) is 0.989. The van der Waals surface area contributed by atoms with E-state index in [1.54, 1.807) is 0 Å². The van der Waals surface area contributed by atoms with E-state index in [1.165, 1.54) is 55.5 Å². The molecule has 7 nitrogen and oxygen atoms in total. The number of anilines is 1. The zero-order valence-electron chi connectivity index (χ0n) is 14.0. The third kappa shape index (κ3) is 5.71. The van der Waals surface area contributed by atoms with Crippen molar-refractivity contribution in [1.82, 2.24) is 0 Å². The van der Waals surface area contributed by atoms with Crippen molar-refractivity contribution in [2.75, 3.05) is 5.32 Å². The Balaban J connectivity index is 2.00. The average Bonchev–Trinajstić information content (AvgIpc) is 2.62. The Labute approximate surface area is 162 Å². The normalized spacial score (nSPS) is 11.8. The second-order valence-electron chi connectivity index (χ2n) is 5.34. The highest BCUT2D eigenvalue weighted by Gasteiger charge is 2.20. The first-order chi connectivity index (χ1) is 12.8. The topological polar surface area (TPSA) is 98.5 Å². The van der Waals surface area contributed by atoms with Gasteiger partial charge in [0.05, 0.1) is 4.92 Å². The fourth-order valence-electron chi connectivity index (χ4n) is 2.04. The Morgan fingerprint density at radius 3 is 2.70 bits per heavy atom. The van der Waals surface area contributed by atoms with E-state index in [2.05, 4.69) is 21.2 Å². The first-order valence-corrected chi connectivity index (χ1v) is 8.45. The van der Waals surface area contributed by atoms with Gasteiger partial charge in [0.15, 0.2) is 6.10 Å². The van der Waals surface area contributed by atoms with Crippen LogP contribution in [0.2, 0.25) is 0 Å². The van der Waals surface area contributed by atoms with Gasteiger partial charge in [-0.15, -0.1) is 0 Å². The Morgan fingerprint density at radius 2 is 2.00 bits per heavy atom. The highest BCUT2D eigenvalue weighted by Crippen LogP contribution is 2.23. The van der Waals surface area contributed by atoms with Crippen LogP contribution >= 0.6 is 15.9 Å². The highest BCUT2D eigenvalue weighted by molar-refractivity contribution is 9.10. The number of nitro benzene ring substituents is 1. The van der Waals surface area contributed by atoms with Crippen LogP contribution in [-0.4, -0.2) is 22.9 Å². The second-order valence-corrected chi connectivity index (χ2v) is 6.26. The molecular formula is C18H14BrFN2O5. The van der Waals surface area contributed by atoms with Crippen molar-refractivity contribution >= 4 is 45.3 Å². The van der Waals surface area contributed by atoms with Crippen LogP contribution in [0.3, 0.4) is 0 Å². The first kappa shape index (κ1) is 20.2. The molecule has 27 heavy (non-hydrogen) atoms. The zero-order valence-corrected chi connectivity index (χ0v) is 15.6. The molecule has 0 spiro atoms.